The van der Waals surface area contributed by atoms with Crippen molar-refractivity contribution in [3.63, 3.8) is 0 Å². The van der Waals surface area contributed by atoms with Crippen molar-refractivity contribution in [1.82, 2.24) is 20.1 Å². The first-order valence-electron chi connectivity index (χ1n) is 8.18. The van der Waals surface area contributed by atoms with Gasteiger partial charge in [-0.05, 0) is 24.6 Å². The third-order valence-corrected chi connectivity index (χ3v) is 4.00. The zero-order chi connectivity index (χ0) is 18.5. The van der Waals surface area contributed by atoms with Gasteiger partial charge in [0.15, 0.2) is 5.69 Å². The van der Waals surface area contributed by atoms with Crippen molar-refractivity contribution >= 4 is 17.5 Å². The smallest absolute Gasteiger partial charge is 0.274 e. The molecule has 1 atom stereocenters. The number of benzene rings is 1. The van der Waals surface area contributed by atoms with Crippen molar-refractivity contribution in [3.05, 3.63) is 77.9 Å². The minimum absolute atomic E-state index is 0.187. The van der Waals surface area contributed by atoms with E-state index in [1.165, 1.54) is 13.1 Å². The van der Waals surface area contributed by atoms with E-state index < -0.39 is 0 Å². The molecule has 2 amide bonds. The number of pyridine rings is 1. The number of hydrogen-bond donors (Lipinski definition) is 2. The Morgan fingerprint density at radius 1 is 1.08 bits per heavy atom. The van der Waals surface area contributed by atoms with E-state index in [-0.39, 0.29) is 23.6 Å². The van der Waals surface area contributed by atoms with Gasteiger partial charge in [-0.3, -0.25) is 19.3 Å². The third kappa shape index (κ3) is 3.61. The lowest BCUT2D eigenvalue weighted by molar-refractivity contribution is 0.0956. The minimum atomic E-state index is -0.358. The van der Waals surface area contributed by atoms with Crippen LogP contribution in [0.15, 0.2) is 60.9 Å². The summed E-state index contributed by atoms with van der Waals surface area (Å²) < 4.78 is 1.56. The maximum absolute atomic E-state index is 12.8. The molecule has 0 aliphatic heterocycles. The van der Waals surface area contributed by atoms with Gasteiger partial charge in [-0.1, -0.05) is 30.3 Å². The summed E-state index contributed by atoms with van der Waals surface area (Å²) in [6, 6.07) is 14.4. The first-order chi connectivity index (χ1) is 12.6. The molecule has 26 heavy (non-hydrogen) atoms. The predicted molar refractivity (Wildman–Crippen MR) is 98.1 cm³/mol. The molecular formula is C19H19N5O2. The molecule has 0 bridgehead atoms. The second-order valence-corrected chi connectivity index (χ2v) is 5.72. The summed E-state index contributed by atoms with van der Waals surface area (Å²) in [5.41, 5.74) is 2.03. The van der Waals surface area contributed by atoms with Gasteiger partial charge in [0.1, 0.15) is 5.69 Å². The monoisotopic (exact) mass is 349 g/mol. The number of anilines is 1. The second-order valence-electron chi connectivity index (χ2n) is 5.72. The number of hydrogen-bond acceptors (Lipinski definition) is 4. The van der Waals surface area contributed by atoms with Gasteiger partial charge >= 0.3 is 0 Å². The lowest BCUT2D eigenvalue weighted by Gasteiger charge is -2.16. The van der Waals surface area contributed by atoms with E-state index >= 15 is 0 Å². The van der Waals surface area contributed by atoms with E-state index in [0.717, 1.165) is 5.56 Å². The van der Waals surface area contributed by atoms with E-state index in [1.54, 1.807) is 29.2 Å². The van der Waals surface area contributed by atoms with Crippen molar-refractivity contribution in [3.8, 4) is 0 Å². The van der Waals surface area contributed by atoms with Crippen LogP contribution in [0.4, 0.5) is 5.69 Å². The number of nitrogens with one attached hydrogen (secondary N) is 2. The van der Waals surface area contributed by atoms with Crippen molar-refractivity contribution in [2.45, 2.75) is 13.0 Å². The fourth-order valence-corrected chi connectivity index (χ4v) is 2.60. The summed E-state index contributed by atoms with van der Waals surface area (Å²) in [4.78, 5) is 28.7. The van der Waals surface area contributed by atoms with Crippen LogP contribution in [0.5, 0.6) is 0 Å². The molecule has 7 nitrogen and oxygen atoms in total. The van der Waals surface area contributed by atoms with Crippen LogP contribution in [0.2, 0.25) is 0 Å². The molecular weight excluding hydrogens is 330 g/mol. The Hall–Kier alpha value is -3.48. The molecule has 2 N–H and O–H groups in total. The molecule has 2 heterocycles. The van der Waals surface area contributed by atoms with E-state index in [4.69, 9.17) is 0 Å². The molecule has 0 spiro atoms. The molecule has 0 saturated carbocycles. The largest absolute Gasteiger partial charge is 0.354 e. The SMILES string of the molecule is CNC(=O)c1cc(C(=O)Nc2cccnc2)n([C@@H](C)c2ccccc2)n1. The maximum atomic E-state index is 12.8. The van der Waals surface area contributed by atoms with Gasteiger partial charge in [0.05, 0.1) is 17.9 Å². The molecule has 0 aliphatic rings. The Bertz CT molecular complexity index is 906. The Morgan fingerprint density at radius 2 is 1.85 bits per heavy atom. The Kier molecular flexibility index (Phi) is 5.07. The predicted octanol–water partition coefficient (Wildman–Crippen LogP) is 2.50. The highest BCUT2D eigenvalue weighted by molar-refractivity contribution is 6.04. The van der Waals surface area contributed by atoms with Crippen molar-refractivity contribution in [1.29, 1.82) is 0 Å². The molecule has 0 saturated heterocycles. The lowest BCUT2D eigenvalue weighted by atomic mass is 10.1. The zero-order valence-electron chi connectivity index (χ0n) is 14.5. The average Bonchev–Trinajstić information content (AvgIpc) is 3.14. The molecule has 1 aromatic carbocycles. The third-order valence-electron chi connectivity index (χ3n) is 4.00. The summed E-state index contributed by atoms with van der Waals surface area (Å²) >= 11 is 0. The molecule has 0 fully saturated rings. The van der Waals surface area contributed by atoms with Gasteiger partial charge in [0.2, 0.25) is 0 Å². The van der Waals surface area contributed by atoms with Gasteiger partial charge in [0.25, 0.3) is 11.8 Å². The molecule has 0 aliphatic carbocycles. The zero-order valence-corrected chi connectivity index (χ0v) is 14.5. The average molecular weight is 349 g/mol. The normalized spacial score (nSPS) is 11.6. The molecule has 3 rings (SSSR count). The first kappa shape index (κ1) is 17.3. The maximum Gasteiger partial charge on any atom is 0.274 e. The molecule has 2 aromatic heterocycles. The van der Waals surface area contributed by atoms with Gasteiger partial charge < -0.3 is 10.6 Å². The second kappa shape index (κ2) is 7.60. The van der Waals surface area contributed by atoms with Crippen LogP contribution in [0.3, 0.4) is 0 Å². The molecule has 3 aromatic rings. The van der Waals surface area contributed by atoms with Gasteiger partial charge in [-0.15, -0.1) is 0 Å². The van der Waals surface area contributed by atoms with Crippen LogP contribution in [-0.4, -0.2) is 33.6 Å². The summed E-state index contributed by atoms with van der Waals surface area (Å²) in [6.45, 7) is 1.93. The summed E-state index contributed by atoms with van der Waals surface area (Å²) in [5.74, 6) is -0.706. The van der Waals surface area contributed by atoms with E-state index in [9.17, 15) is 9.59 Å². The topological polar surface area (TPSA) is 88.9 Å². The Balaban J connectivity index is 1.98. The van der Waals surface area contributed by atoms with Crippen LogP contribution >= 0.6 is 0 Å². The van der Waals surface area contributed by atoms with Crippen LogP contribution in [-0.2, 0) is 0 Å². The van der Waals surface area contributed by atoms with Crippen molar-refractivity contribution < 1.29 is 9.59 Å². The number of amides is 2. The van der Waals surface area contributed by atoms with Gasteiger partial charge in [-0.2, -0.15) is 5.10 Å². The number of carbonyl (C=O) groups excluding carboxylic acids is 2. The number of carbonyl (C=O) groups is 2. The molecule has 132 valence electrons. The summed E-state index contributed by atoms with van der Waals surface area (Å²) in [7, 11) is 1.53. The standard InChI is InChI=1S/C19H19N5O2/c1-13(14-7-4-3-5-8-14)24-17(11-16(23-24)18(25)20-2)19(26)22-15-9-6-10-21-12-15/h3-13H,1-2H3,(H,20,25)(H,22,26)/t13-/m0/s1. The van der Waals surface area contributed by atoms with Crippen LogP contribution in [0, 0.1) is 0 Å². The molecule has 7 heteroatoms. The van der Waals surface area contributed by atoms with E-state index in [0.29, 0.717) is 11.4 Å². The lowest BCUT2D eigenvalue weighted by Crippen LogP contribution is -2.21. The molecule has 0 unspecified atom stereocenters. The highest BCUT2D eigenvalue weighted by atomic mass is 16.2. The van der Waals surface area contributed by atoms with Crippen LogP contribution < -0.4 is 10.6 Å². The number of aromatic nitrogens is 3. The van der Waals surface area contributed by atoms with Crippen molar-refractivity contribution in [2.24, 2.45) is 0 Å². The van der Waals surface area contributed by atoms with Gasteiger partial charge in [-0.25, -0.2) is 0 Å². The number of nitrogens with zero attached hydrogens (tertiary/aromatic N) is 3. The first-order valence-corrected chi connectivity index (χ1v) is 8.18. The van der Waals surface area contributed by atoms with Crippen LogP contribution in [0.1, 0.15) is 39.5 Å². The summed E-state index contributed by atoms with van der Waals surface area (Å²) in [6.07, 6.45) is 3.18. The van der Waals surface area contributed by atoms with Gasteiger partial charge in [0, 0.05) is 19.3 Å². The fourth-order valence-electron chi connectivity index (χ4n) is 2.60. The van der Waals surface area contributed by atoms with Crippen LogP contribution in [0.25, 0.3) is 0 Å². The Labute approximate surface area is 151 Å². The fraction of sp³-hybridized carbons (Fsp3) is 0.158. The highest BCUT2D eigenvalue weighted by Gasteiger charge is 2.22. The minimum Gasteiger partial charge on any atom is -0.354 e. The van der Waals surface area contributed by atoms with Crippen molar-refractivity contribution in [2.75, 3.05) is 12.4 Å². The van der Waals surface area contributed by atoms with E-state index in [2.05, 4.69) is 20.7 Å². The summed E-state index contributed by atoms with van der Waals surface area (Å²) in [5, 5.41) is 9.66. The van der Waals surface area contributed by atoms with E-state index in [1.807, 2.05) is 37.3 Å². The highest BCUT2D eigenvalue weighted by Crippen LogP contribution is 2.21. The quantitative estimate of drug-likeness (QED) is 0.741. The molecule has 0 radical (unpaired) electrons. The number of rotatable bonds is 5. The Morgan fingerprint density at radius 3 is 2.50 bits per heavy atom.